The van der Waals surface area contributed by atoms with Crippen molar-refractivity contribution in [2.75, 3.05) is 19.7 Å². The number of benzene rings is 2. The van der Waals surface area contributed by atoms with Gasteiger partial charge in [0.25, 0.3) is 5.91 Å². The molecule has 1 aliphatic rings. The van der Waals surface area contributed by atoms with E-state index in [1.165, 1.54) is 0 Å². The number of carbonyl (C=O) groups excluding carboxylic acids is 1. The standard InChI is InChI=1S/C22H26ClNO2/c1-3-22(15-25)11-6-12-24(14-22)21(26)18-9-5-8-17(13-18)20-16(2)7-4-10-19(20)23/h4-5,7-10,13,25H,3,6,11-12,14-15H2,1-2H3/t22-/m1/s1. The van der Waals surface area contributed by atoms with E-state index in [-0.39, 0.29) is 17.9 Å². The Bertz CT molecular complexity index is 778. The van der Waals surface area contributed by atoms with E-state index in [9.17, 15) is 9.90 Å². The third kappa shape index (κ3) is 3.65. The summed E-state index contributed by atoms with van der Waals surface area (Å²) in [5.74, 6) is 0.0301. The summed E-state index contributed by atoms with van der Waals surface area (Å²) in [4.78, 5) is 15.0. The van der Waals surface area contributed by atoms with Crippen LogP contribution in [0.25, 0.3) is 11.1 Å². The molecule has 0 aliphatic carbocycles. The van der Waals surface area contributed by atoms with Crippen LogP contribution in [0, 0.1) is 12.3 Å². The second-order valence-corrected chi connectivity index (χ2v) is 7.76. The van der Waals surface area contributed by atoms with Gasteiger partial charge in [0, 0.05) is 34.7 Å². The highest BCUT2D eigenvalue weighted by molar-refractivity contribution is 6.33. The minimum absolute atomic E-state index is 0.0301. The fourth-order valence-corrected chi connectivity index (χ4v) is 4.23. The van der Waals surface area contributed by atoms with Crippen molar-refractivity contribution in [1.82, 2.24) is 4.90 Å². The third-order valence-electron chi connectivity index (χ3n) is 5.65. The zero-order valence-electron chi connectivity index (χ0n) is 15.5. The molecule has 3 rings (SSSR count). The Morgan fingerprint density at radius 1 is 1.27 bits per heavy atom. The van der Waals surface area contributed by atoms with Gasteiger partial charge in [-0.2, -0.15) is 0 Å². The van der Waals surface area contributed by atoms with Crippen LogP contribution in [0.3, 0.4) is 0 Å². The first-order chi connectivity index (χ1) is 12.5. The Labute approximate surface area is 160 Å². The summed E-state index contributed by atoms with van der Waals surface area (Å²) < 4.78 is 0. The third-order valence-corrected chi connectivity index (χ3v) is 5.97. The first-order valence-electron chi connectivity index (χ1n) is 9.25. The lowest BCUT2D eigenvalue weighted by atomic mass is 9.78. The summed E-state index contributed by atoms with van der Waals surface area (Å²) in [6.45, 7) is 5.61. The molecular weight excluding hydrogens is 346 g/mol. The number of aryl methyl sites for hydroxylation is 1. The van der Waals surface area contributed by atoms with Crippen LogP contribution in [0.1, 0.15) is 42.1 Å². The van der Waals surface area contributed by atoms with E-state index in [0.29, 0.717) is 17.1 Å². The first kappa shape index (κ1) is 18.9. The maximum atomic E-state index is 13.1. The molecule has 1 amide bonds. The first-order valence-corrected chi connectivity index (χ1v) is 9.63. The van der Waals surface area contributed by atoms with Crippen molar-refractivity contribution in [1.29, 1.82) is 0 Å². The maximum absolute atomic E-state index is 13.1. The Balaban J connectivity index is 1.90. The maximum Gasteiger partial charge on any atom is 0.253 e. The fraction of sp³-hybridized carbons (Fsp3) is 0.409. The SMILES string of the molecule is CC[C@@]1(CO)CCCN(C(=O)c2cccc(-c3c(C)cccc3Cl)c2)C1. The minimum Gasteiger partial charge on any atom is -0.396 e. The van der Waals surface area contributed by atoms with E-state index >= 15 is 0 Å². The number of carbonyl (C=O) groups is 1. The van der Waals surface area contributed by atoms with Crippen LogP contribution in [0.15, 0.2) is 42.5 Å². The van der Waals surface area contributed by atoms with E-state index < -0.39 is 0 Å². The van der Waals surface area contributed by atoms with E-state index in [4.69, 9.17) is 11.6 Å². The van der Waals surface area contributed by atoms with Crippen LogP contribution in [-0.2, 0) is 0 Å². The van der Waals surface area contributed by atoms with Crippen molar-refractivity contribution in [3.63, 3.8) is 0 Å². The molecule has 1 N–H and O–H groups in total. The van der Waals surface area contributed by atoms with Gasteiger partial charge in [-0.05, 0) is 55.5 Å². The van der Waals surface area contributed by atoms with Crippen molar-refractivity contribution >= 4 is 17.5 Å². The highest BCUT2D eigenvalue weighted by Gasteiger charge is 2.35. The van der Waals surface area contributed by atoms with Gasteiger partial charge in [0.2, 0.25) is 0 Å². The number of aliphatic hydroxyl groups is 1. The quantitative estimate of drug-likeness (QED) is 0.826. The van der Waals surface area contributed by atoms with E-state index in [2.05, 4.69) is 6.92 Å². The van der Waals surface area contributed by atoms with Gasteiger partial charge in [-0.25, -0.2) is 0 Å². The van der Waals surface area contributed by atoms with Gasteiger partial charge in [0.15, 0.2) is 0 Å². The number of hydrogen-bond donors (Lipinski definition) is 1. The van der Waals surface area contributed by atoms with Gasteiger partial charge >= 0.3 is 0 Å². The van der Waals surface area contributed by atoms with Gasteiger partial charge in [-0.15, -0.1) is 0 Å². The average Bonchev–Trinajstić information content (AvgIpc) is 2.67. The lowest BCUT2D eigenvalue weighted by Crippen LogP contribution is -2.47. The molecule has 1 fully saturated rings. The molecule has 2 aromatic carbocycles. The Morgan fingerprint density at radius 3 is 2.73 bits per heavy atom. The molecule has 138 valence electrons. The molecule has 1 saturated heterocycles. The number of piperidine rings is 1. The zero-order chi connectivity index (χ0) is 18.7. The van der Waals surface area contributed by atoms with Crippen LogP contribution in [0.5, 0.6) is 0 Å². The van der Waals surface area contributed by atoms with Gasteiger partial charge in [0.05, 0.1) is 6.61 Å². The van der Waals surface area contributed by atoms with Gasteiger partial charge in [0.1, 0.15) is 0 Å². The van der Waals surface area contributed by atoms with Gasteiger partial charge in [-0.1, -0.05) is 42.8 Å². The topological polar surface area (TPSA) is 40.5 Å². The summed E-state index contributed by atoms with van der Waals surface area (Å²) in [6.07, 6.45) is 2.79. The number of likely N-dealkylation sites (tertiary alicyclic amines) is 1. The summed E-state index contributed by atoms with van der Waals surface area (Å²) >= 11 is 6.40. The highest BCUT2D eigenvalue weighted by atomic mass is 35.5. The number of aliphatic hydroxyl groups excluding tert-OH is 1. The normalized spacial score (nSPS) is 20.2. The van der Waals surface area contributed by atoms with Crippen molar-refractivity contribution in [2.24, 2.45) is 5.41 Å². The molecule has 2 aromatic rings. The van der Waals surface area contributed by atoms with E-state index in [0.717, 1.165) is 42.5 Å². The second kappa shape index (κ2) is 7.81. The van der Waals surface area contributed by atoms with Gasteiger partial charge in [-0.3, -0.25) is 4.79 Å². The Hall–Kier alpha value is -1.84. The molecule has 0 saturated carbocycles. The lowest BCUT2D eigenvalue weighted by molar-refractivity contribution is 0.0252. The predicted octanol–water partition coefficient (Wildman–Crippen LogP) is 4.94. The van der Waals surface area contributed by atoms with Crippen molar-refractivity contribution in [3.05, 3.63) is 58.6 Å². The lowest BCUT2D eigenvalue weighted by Gasteiger charge is -2.41. The van der Waals surface area contributed by atoms with Crippen LogP contribution in [0.2, 0.25) is 5.02 Å². The molecule has 1 aliphatic heterocycles. The minimum atomic E-state index is -0.162. The summed E-state index contributed by atoms with van der Waals surface area (Å²) in [7, 11) is 0. The number of nitrogens with zero attached hydrogens (tertiary/aromatic N) is 1. The van der Waals surface area contributed by atoms with Crippen LogP contribution >= 0.6 is 11.6 Å². The molecule has 0 bridgehead atoms. The number of amides is 1. The summed E-state index contributed by atoms with van der Waals surface area (Å²) in [5, 5.41) is 10.5. The molecule has 1 atom stereocenters. The van der Waals surface area contributed by atoms with E-state index in [1.807, 2.05) is 54.3 Å². The highest BCUT2D eigenvalue weighted by Crippen LogP contribution is 2.34. The Kier molecular flexibility index (Phi) is 5.69. The predicted molar refractivity (Wildman–Crippen MR) is 107 cm³/mol. The molecular formula is C22H26ClNO2. The molecule has 0 aromatic heterocycles. The van der Waals surface area contributed by atoms with Crippen molar-refractivity contribution in [2.45, 2.75) is 33.1 Å². The Morgan fingerprint density at radius 2 is 2.04 bits per heavy atom. The smallest absolute Gasteiger partial charge is 0.253 e. The second-order valence-electron chi connectivity index (χ2n) is 7.35. The zero-order valence-corrected chi connectivity index (χ0v) is 16.2. The monoisotopic (exact) mass is 371 g/mol. The molecule has 0 spiro atoms. The molecule has 0 radical (unpaired) electrons. The average molecular weight is 372 g/mol. The van der Waals surface area contributed by atoms with Crippen molar-refractivity contribution in [3.8, 4) is 11.1 Å². The van der Waals surface area contributed by atoms with E-state index in [1.54, 1.807) is 0 Å². The number of rotatable bonds is 4. The number of hydrogen-bond acceptors (Lipinski definition) is 2. The molecule has 26 heavy (non-hydrogen) atoms. The van der Waals surface area contributed by atoms with Crippen LogP contribution in [0.4, 0.5) is 0 Å². The summed E-state index contributed by atoms with van der Waals surface area (Å²) in [6, 6.07) is 13.5. The molecule has 0 unspecified atom stereocenters. The summed E-state index contributed by atoms with van der Waals surface area (Å²) in [5.41, 5.74) is 3.53. The van der Waals surface area contributed by atoms with Crippen molar-refractivity contribution < 1.29 is 9.90 Å². The largest absolute Gasteiger partial charge is 0.396 e. The van der Waals surface area contributed by atoms with Crippen LogP contribution in [-0.4, -0.2) is 35.6 Å². The van der Waals surface area contributed by atoms with Gasteiger partial charge < -0.3 is 10.0 Å². The fourth-order valence-electron chi connectivity index (χ4n) is 3.90. The number of halogens is 1. The van der Waals surface area contributed by atoms with Crippen LogP contribution < -0.4 is 0 Å². The molecule has 1 heterocycles. The molecule has 3 nitrogen and oxygen atoms in total. The molecule has 4 heteroatoms.